The van der Waals surface area contributed by atoms with Crippen LogP contribution < -0.4 is 10.6 Å². The van der Waals surface area contributed by atoms with Gasteiger partial charge in [0.25, 0.3) is 11.8 Å². The Bertz CT molecular complexity index is 2970. The molecule has 5 aliphatic rings. The summed E-state index contributed by atoms with van der Waals surface area (Å²) in [4.78, 5) is 73.4. The van der Waals surface area contributed by atoms with Gasteiger partial charge in [-0.05, 0) is 109 Å². The third kappa shape index (κ3) is 7.85. The van der Waals surface area contributed by atoms with Crippen LogP contribution in [0.15, 0.2) is 91.1 Å². The molecule has 5 heterocycles. The number of fused-ring (bicyclic) bond motifs is 6. The van der Waals surface area contributed by atoms with Crippen molar-refractivity contribution in [3.05, 3.63) is 119 Å². The third-order valence-electron chi connectivity index (χ3n) is 15.0. The highest BCUT2D eigenvalue weighted by Gasteiger charge is 2.52. The van der Waals surface area contributed by atoms with E-state index in [0.29, 0.717) is 95.2 Å². The molecular formula is C52H52F2N8O7. The van der Waals surface area contributed by atoms with Crippen molar-refractivity contribution in [2.75, 3.05) is 34.0 Å². The highest BCUT2D eigenvalue weighted by molar-refractivity contribution is 5.90. The summed E-state index contributed by atoms with van der Waals surface area (Å²) in [5.41, 5.74) is 5.18. The molecule has 11 rings (SSSR count). The van der Waals surface area contributed by atoms with Gasteiger partial charge in [0, 0.05) is 42.5 Å². The average molecular weight is 939 g/mol. The molecule has 2 aromatic heterocycles. The van der Waals surface area contributed by atoms with E-state index in [1.54, 1.807) is 35.4 Å². The average Bonchev–Trinajstić information content (AvgIpc) is 4.26. The predicted octanol–water partition coefficient (Wildman–Crippen LogP) is 8.70. The number of ether oxygens (including phenoxy) is 3. The Morgan fingerprint density at radius 2 is 1.48 bits per heavy atom. The van der Waals surface area contributed by atoms with Crippen molar-refractivity contribution >= 4 is 35.0 Å². The lowest BCUT2D eigenvalue weighted by Crippen LogP contribution is -2.53. The monoisotopic (exact) mass is 938 g/mol. The second-order valence-electron chi connectivity index (χ2n) is 18.8. The maximum atomic E-state index is 16.7. The predicted molar refractivity (Wildman–Crippen MR) is 250 cm³/mol. The first-order valence-corrected chi connectivity index (χ1v) is 23.7. The Hall–Kier alpha value is -7.14. The van der Waals surface area contributed by atoms with Gasteiger partial charge in [0.05, 0.1) is 49.2 Å². The van der Waals surface area contributed by atoms with Gasteiger partial charge in [0.2, 0.25) is 5.91 Å². The molecular weight excluding hydrogens is 887 g/mol. The summed E-state index contributed by atoms with van der Waals surface area (Å²) in [6.07, 6.45) is 5.52. The van der Waals surface area contributed by atoms with E-state index in [4.69, 9.17) is 19.2 Å². The number of piperidine rings is 1. The van der Waals surface area contributed by atoms with E-state index in [0.717, 1.165) is 31.2 Å². The largest absolute Gasteiger partial charge is 0.453 e. The van der Waals surface area contributed by atoms with Gasteiger partial charge in [-0.3, -0.25) is 9.59 Å². The lowest BCUT2D eigenvalue weighted by Gasteiger charge is -2.36. The Balaban J connectivity index is 0.830. The zero-order valence-electron chi connectivity index (χ0n) is 38.2. The van der Waals surface area contributed by atoms with Gasteiger partial charge >= 0.3 is 12.2 Å². The number of alkyl halides is 2. The van der Waals surface area contributed by atoms with Crippen LogP contribution in [0.1, 0.15) is 91.4 Å². The molecule has 1 saturated carbocycles. The lowest BCUT2D eigenvalue weighted by atomic mass is 9.90. The van der Waals surface area contributed by atoms with E-state index < -0.39 is 30.2 Å². The van der Waals surface area contributed by atoms with Crippen molar-refractivity contribution in [2.45, 2.75) is 81.1 Å². The number of methoxy groups -OCH3 is 2. The summed E-state index contributed by atoms with van der Waals surface area (Å²) in [6.45, 7) is 1.49. The van der Waals surface area contributed by atoms with Crippen LogP contribution in [-0.2, 0) is 29.7 Å². The molecule has 4 amide bonds. The van der Waals surface area contributed by atoms with Crippen LogP contribution in [-0.4, -0.2) is 99.8 Å². The van der Waals surface area contributed by atoms with Crippen molar-refractivity contribution in [2.24, 2.45) is 11.8 Å². The van der Waals surface area contributed by atoms with E-state index in [2.05, 4.69) is 25.6 Å². The first kappa shape index (κ1) is 44.4. The fraction of sp³-hybridized carbons (Fsp3) is 0.385. The number of benzene rings is 4. The Labute approximate surface area is 396 Å². The highest BCUT2D eigenvalue weighted by atomic mass is 19.3. The van der Waals surface area contributed by atoms with E-state index in [-0.39, 0.29) is 52.9 Å². The van der Waals surface area contributed by atoms with Gasteiger partial charge in [-0.25, -0.2) is 19.6 Å². The summed E-state index contributed by atoms with van der Waals surface area (Å²) >= 11 is 0. The molecule has 0 spiro atoms. The highest BCUT2D eigenvalue weighted by Crippen LogP contribution is 2.54. The number of nitrogens with zero attached hydrogens (tertiary/aromatic N) is 4. The number of carbonyl (C=O) groups excluding carboxylic acids is 4. The van der Waals surface area contributed by atoms with Gasteiger partial charge in [0.15, 0.2) is 0 Å². The van der Waals surface area contributed by atoms with E-state index in [9.17, 15) is 19.2 Å². The number of alkyl carbamates (subject to hydrolysis) is 2. The van der Waals surface area contributed by atoms with Crippen LogP contribution in [0.3, 0.4) is 0 Å². The number of hydrogen-bond acceptors (Lipinski definition) is 9. The van der Waals surface area contributed by atoms with Gasteiger partial charge in [-0.1, -0.05) is 60.7 Å². The zero-order valence-corrected chi connectivity index (χ0v) is 38.2. The van der Waals surface area contributed by atoms with Crippen LogP contribution in [0.5, 0.6) is 0 Å². The Morgan fingerprint density at radius 3 is 2.23 bits per heavy atom. The first-order valence-electron chi connectivity index (χ1n) is 23.7. The van der Waals surface area contributed by atoms with Gasteiger partial charge in [0.1, 0.15) is 23.7 Å². The molecule has 6 atom stereocenters. The van der Waals surface area contributed by atoms with Crippen LogP contribution in [0.4, 0.5) is 18.4 Å². The zero-order chi connectivity index (χ0) is 47.6. The lowest BCUT2D eigenvalue weighted by molar-refractivity contribution is -0.138. The fourth-order valence-corrected chi connectivity index (χ4v) is 11.6. The summed E-state index contributed by atoms with van der Waals surface area (Å²) < 4.78 is 48.7. The molecule has 2 unspecified atom stereocenters. The minimum Gasteiger partial charge on any atom is -0.453 e. The number of halogens is 2. The van der Waals surface area contributed by atoms with E-state index in [1.165, 1.54) is 20.3 Å². The number of hydrogen-bond donors (Lipinski definition) is 4. The summed E-state index contributed by atoms with van der Waals surface area (Å²) in [5.74, 6) is -2.49. The van der Waals surface area contributed by atoms with Crippen LogP contribution in [0, 0.1) is 11.8 Å². The van der Waals surface area contributed by atoms with Gasteiger partial charge < -0.3 is 44.6 Å². The quantitative estimate of drug-likeness (QED) is 0.104. The first-order chi connectivity index (χ1) is 33.5. The number of likely N-dealkylation sites (tertiary alicyclic amines) is 2. The molecule has 3 aliphatic heterocycles. The van der Waals surface area contributed by atoms with Crippen molar-refractivity contribution in [3.63, 3.8) is 0 Å². The summed E-state index contributed by atoms with van der Waals surface area (Å²) in [5, 5.41) is 5.52. The topological polar surface area (TPSA) is 184 Å². The standard InChI is InChI=1S/C52H52F2N8O7/c1-67-50(65)59-43(29-18-21-69-22-19-29)48(63)61-20-6-9-42(61)46-55-27-41(58-46)32-12-16-36-35-15-11-30(24-37(35)52(53,54)38(36)25-32)31-13-17-39-40(26-31)57-47(56-39)45-33-10-14-34(23-33)62(45)49(64)44(60-51(66)68-2)28-7-4-3-5-8-28/h3-5,7-8,11-13,15-17,24-27,29,33-34,42-45H,6,9-10,14,18-23H2,1-2H3,(H,55,58)(H,56,57)(H,59,65)(H,60,66)/t33-,34?,42?,43-,44+,45-/m0/s1. The normalized spacial score (nSPS) is 22.3. The van der Waals surface area contributed by atoms with E-state index in [1.807, 2.05) is 59.5 Å². The van der Waals surface area contributed by atoms with Crippen molar-refractivity contribution in [3.8, 4) is 33.5 Å². The molecule has 2 aliphatic carbocycles. The third-order valence-corrected chi connectivity index (χ3v) is 15.0. The van der Waals surface area contributed by atoms with Crippen LogP contribution in [0.2, 0.25) is 0 Å². The second kappa shape index (κ2) is 17.7. The second-order valence-corrected chi connectivity index (χ2v) is 18.8. The minimum atomic E-state index is -3.30. The SMILES string of the molecule is COC(=O)N[C@H](C(=O)N1CCCC1c1ncc(-c2ccc3c(c2)C(F)(F)c2cc(-c4ccc5nc([C@@H]6[C@H]7CCC(C7)N6C(=O)[C@H](NC(=O)OC)c6ccccc6)[nH]c5c4)ccc2-3)[nH]1)C1CCOCC1. The molecule has 4 fully saturated rings. The van der Waals surface area contributed by atoms with Crippen molar-refractivity contribution in [1.29, 1.82) is 0 Å². The molecule has 17 heteroatoms. The van der Waals surface area contributed by atoms with Crippen LogP contribution >= 0.6 is 0 Å². The Morgan fingerprint density at radius 1 is 0.783 bits per heavy atom. The molecule has 4 aromatic carbocycles. The molecule has 6 aromatic rings. The molecule has 69 heavy (non-hydrogen) atoms. The number of imidazole rings is 2. The number of rotatable bonds is 10. The number of aromatic amines is 2. The number of amides is 4. The molecule has 3 saturated heterocycles. The maximum absolute atomic E-state index is 16.7. The fourth-order valence-electron chi connectivity index (χ4n) is 11.6. The van der Waals surface area contributed by atoms with Crippen molar-refractivity contribution in [1.82, 2.24) is 40.4 Å². The molecule has 0 radical (unpaired) electrons. The number of aromatic nitrogens is 4. The maximum Gasteiger partial charge on any atom is 0.407 e. The Kier molecular flexibility index (Phi) is 11.4. The van der Waals surface area contributed by atoms with Crippen molar-refractivity contribution < 1.29 is 42.2 Å². The molecule has 356 valence electrons. The minimum absolute atomic E-state index is 0.00739. The van der Waals surface area contributed by atoms with Gasteiger partial charge in [-0.15, -0.1) is 0 Å². The number of nitrogens with one attached hydrogen (secondary N) is 4. The van der Waals surface area contributed by atoms with E-state index >= 15 is 8.78 Å². The summed E-state index contributed by atoms with van der Waals surface area (Å²) in [7, 11) is 2.54. The van der Waals surface area contributed by atoms with Crippen LogP contribution in [0.25, 0.3) is 44.5 Å². The smallest absolute Gasteiger partial charge is 0.407 e. The number of H-pyrrole nitrogens is 2. The molecule has 15 nitrogen and oxygen atoms in total. The summed E-state index contributed by atoms with van der Waals surface area (Å²) in [6, 6.07) is 22.5. The number of carbonyl (C=O) groups is 4. The van der Waals surface area contributed by atoms with Gasteiger partial charge in [-0.2, -0.15) is 8.78 Å². The molecule has 4 N–H and O–H groups in total. The molecule has 2 bridgehead atoms.